The van der Waals surface area contributed by atoms with Crippen molar-refractivity contribution in [2.45, 2.75) is 45.6 Å². The number of hydrogen-bond acceptors (Lipinski definition) is 2. The zero-order valence-electron chi connectivity index (χ0n) is 11.6. The predicted molar refractivity (Wildman–Crippen MR) is 75.6 cm³/mol. The van der Waals surface area contributed by atoms with E-state index >= 15 is 0 Å². The lowest BCUT2D eigenvalue weighted by Gasteiger charge is -2.18. The number of non-ortho nitro benzene ring substituents is 1. The van der Waals surface area contributed by atoms with Gasteiger partial charge in [0.2, 0.25) is 0 Å². The van der Waals surface area contributed by atoms with Crippen molar-refractivity contribution < 1.29 is 9.31 Å². The number of fused-ring (bicyclic) bond motifs is 3. The standard InChI is InChI=1S/C15H17FN2O2/c1-9(2)17-14-6-4-3-5-11(14)12-7-10(18(19)20)8-13(16)15(12)17/h7-9H,3-6H2,1-2H3. The van der Waals surface area contributed by atoms with Crippen LogP contribution in [0, 0.1) is 15.9 Å². The number of rotatable bonds is 2. The van der Waals surface area contributed by atoms with Crippen LogP contribution in [-0.2, 0) is 12.8 Å². The van der Waals surface area contributed by atoms with Gasteiger partial charge in [-0.3, -0.25) is 10.1 Å². The van der Waals surface area contributed by atoms with E-state index in [1.165, 1.54) is 6.07 Å². The Labute approximate surface area is 116 Å². The van der Waals surface area contributed by atoms with E-state index in [9.17, 15) is 14.5 Å². The summed E-state index contributed by atoms with van der Waals surface area (Å²) >= 11 is 0. The summed E-state index contributed by atoms with van der Waals surface area (Å²) in [5.41, 5.74) is 2.62. The first-order valence-corrected chi connectivity index (χ1v) is 7.00. The Morgan fingerprint density at radius 2 is 2.00 bits per heavy atom. The van der Waals surface area contributed by atoms with Crippen LogP contribution in [0.3, 0.4) is 0 Å². The number of nitro groups is 1. The zero-order chi connectivity index (χ0) is 14.4. The predicted octanol–water partition coefficient (Wildman–Crippen LogP) is 4.15. The summed E-state index contributed by atoms with van der Waals surface area (Å²) in [5.74, 6) is -0.489. The summed E-state index contributed by atoms with van der Waals surface area (Å²) in [6.07, 6.45) is 3.97. The second kappa shape index (κ2) is 4.58. The molecular weight excluding hydrogens is 259 g/mol. The molecule has 0 bridgehead atoms. The second-order valence-electron chi connectivity index (χ2n) is 5.68. The molecule has 0 radical (unpaired) electrons. The van der Waals surface area contributed by atoms with E-state index in [4.69, 9.17) is 0 Å². The molecule has 0 aliphatic heterocycles. The first-order valence-electron chi connectivity index (χ1n) is 7.00. The van der Waals surface area contributed by atoms with E-state index in [1.807, 2.05) is 18.4 Å². The van der Waals surface area contributed by atoms with Crippen molar-refractivity contribution in [3.63, 3.8) is 0 Å². The molecule has 0 N–H and O–H groups in total. The summed E-state index contributed by atoms with van der Waals surface area (Å²) in [4.78, 5) is 10.4. The number of hydrogen-bond donors (Lipinski definition) is 0. The molecule has 0 saturated heterocycles. The van der Waals surface area contributed by atoms with Crippen molar-refractivity contribution in [2.75, 3.05) is 0 Å². The fourth-order valence-corrected chi connectivity index (χ4v) is 3.32. The third-order valence-electron chi connectivity index (χ3n) is 4.07. The number of aryl methyl sites for hydroxylation is 1. The van der Waals surface area contributed by atoms with E-state index in [2.05, 4.69) is 0 Å². The summed E-state index contributed by atoms with van der Waals surface area (Å²) in [5, 5.41) is 11.7. The first-order chi connectivity index (χ1) is 9.50. The summed E-state index contributed by atoms with van der Waals surface area (Å²) in [6.45, 7) is 4.05. The monoisotopic (exact) mass is 276 g/mol. The Morgan fingerprint density at radius 3 is 2.65 bits per heavy atom. The van der Waals surface area contributed by atoms with Crippen molar-refractivity contribution in [3.05, 3.63) is 39.3 Å². The van der Waals surface area contributed by atoms with E-state index in [1.54, 1.807) is 0 Å². The van der Waals surface area contributed by atoms with Crippen molar-refractivity contribution in [1.82, 2.24) is 4.57 Å². The first kappa shape index (κ1) is 13.1. The minimum absolute atomic E-state index is 0.148. The van der Waals surface area contributed by atoms with Gasteiger partial charge in [0.25, 0.3) is 5.69 Å². The van der Waals surface area contributed by atoms with Crippen LogP contribution in [-0.4, -0.2) is 9.49 Å². The molecule has 0 unspecified atom stereocenters. The Bertz CT molecular complexity index is 704. The van der Waals surface area contributed by atoms with E-state index in [0.29, 0.717) is 5.52 Å². The molecule has 4 nitrogen and oxygen atoms in total. The molecule has 2 aromatic rings. The summed E-state index contributed by atoms with van der Waals surface area (Å²) in [6, 6.07) is 2.71. The normalized spacial score (nSPS) is 14.8. The van der Waals surface area contributed by atoms with Crippen molar-refractivity contribution in [2.24, 2.45) is 0 Å². The molecule has 1 aliphatic carbocycles. The molecule has 106 valence electrons. The van der Waals surface area contributed by atoms with Gasteiger partial charge < -0.3 is 4.57 Å². The maximum Gasteiger partial charge on any atom is 0.273 e. The van der Waals surface area contributed by atoms with Crippen molar-refractivity contribution >= 4 is 16.6 Å². The van der Waals surface area contributed by atoms with Gasteiger partial charge >= 0.3 is 0 Å². The molecule has 1 aliphatic rings. The van der Waals surface area contributed by atoms with Crippen molar-refractivity contribution in [3.8, 4) is 0 Å². The van der Waals surface area contributed by atoms with Gasteiger partial charge in [-0.2, -0.15) is 0 Å². The van der Waals surface area contributed by atoms with E-state index in [-0.39, 0.29) is 11.7 Å². The smallest absolute Gasteiger partial charge is 0.273 e. The fourth-order valence-electron chi connectivity index (χ4n) is 3.32. The number of benzene rings is 1. The molecular formula is C15H17FN2O2. The molecule has 1 aromatic heterocycles. The highest BCUT2D eigenvalue weighted by Gasteiger charge is 2.25. The molecule has 0 spiro atoms. The number of aromatic nitrogens is 1. The van der Waals surface area contributed by atoms with Crippen molar-refractivity contribution in [1.29, 1.82) is 0 Å². The summed E-state index contributed by atoms with van der Waals surface area (Å²) in [7, 11) is 0. The quantitative estimate of drug-likeness (QED) is 0.611. The maximum absolute atomic E-state index is 14.4. The van der Waals surface area contributed by atoms with Gasteiger partial charge in [-0.15, -0.1) is 0 Å². The molecule has 1 heterocycles. The van der Waals surface area contributed by atoms with Crippen LogP contribution < -0.4 is 0 Å². The highest BCUT2D eigenvalue weighted by molar-refractivity contribution is 5.88. The van der Waals surface area contributed by atoms with Gasteiger partial charge in [-0.05, 0) is 45.1 Å². The Hall–Kier alpha value is -1.91. The lowest BCUT2D eigenvalue weighted by Crippen LogP contribution is -2.10. The highest BCUT2D eigenvalue weighted by atomic mass is 19.1. The van der Waals surface area contributed by atoms with Gasteiger partial charge in [0.05, 0.1) is 16.5 Å². The number of halogens is 1. The van der Waals surface area contributed by atoms with Gasteiger partial charge in [0, 0.05) is 23.2 Å². The molecule has 5 heteroatoms. The Morgan fingerprint density at radius 1 is 1.30 bits per heavy atom. The van der Waals surface area contributed by atoms with Gasteiger partial charge in [-0.1, -0.05) is 0 Å². The minimum Gasteiger partial charge on any atom is -0.339 e. The lowest BCUT2D eigenvalue weighted by atomic mass is 9.95. The van der Waals surface area contributed by atoms with Crippen LogP contribution in [0.2, 0.25) is 0 Å². The average molecular weight is 276 g/mol. The average Bonchev–Trinajstić information content (AvgIpc) is 2.74. The number of nitrogens with zero attached hydrogens (tertiary/aromatic N) is 2. The van der Waals surface area contributed by atoms with E-state index < -0.39 is 10.7 Å². The molecule has 0 atom stereocenters. The van der Waals surface area contributed by atoms with Crippen LogP contribution in [0.5, 0.6) is 0 Å². The van der Waals surface area contributed by atoms with Crippen LogP contribution >= 0.6 is 0 Å². The number of nitro benzene ring substituents is 1. The maximum atomic E-state index is 14.4. The van der Waals surface area contributed by atoms with Crippen LogP contribution in [0.15, 0.2) is 12.1 Å². The molecule has 0 amide bonds. The molecule has 0 fully saturated rings. The van der Waals surface area contributed by atoms with E-state index in [0.717, 1.165) is 48.4 Å². The molecule has 3 rings (SSSR count). The molecule has 0 saturated carbocycles. The molecule has 1 aromatic carbocycles. The van der Waals surface area contributed by atoms with Gasteiger partial charge in [-0.25, -0.2) is 4.39 Å². The minimum atomic E-state index is -0.523. The van der Waals surface area contributed by atoms with Crippen LogP contribution in [0.4, 0.5) is 10.1 Å². The molecule has 20 heavy (non-hydrogen) atoms. The topological polar surface area (TPSA) is 48.1 Å². The fraction of sp³-hybridized carbons (Fsp3) is 0.467. The van der Waals surface area contributed by atoms with Gasteiger partial charge in [0.1, 0.15) is 0 Å². The van der Waals surface area contributed by atoms with Crippen LogP contribution in [0.1, 0.15) is 44.0 Å². The van der Waals surface area contributed by atoms with Crippen LogP contribution in [0.25, 0.3) is 10.9 Å². The largest absolute Gasteiger partial charge is 0.339 e. The third-order valence-corrected chi connectivity index (χ3v) is 4.07. The Balaban J connectivity index is 2.41. The van der Waals surface area contributed by atoms with Gasteiger partial charge in [0.15, 0.2) is 5.82 Å². The highest BCUT2D eigenvalue weighted by Crippen LogP contribution is 2.37. The Kier molecular flexibility index (Phi) is 3.00. The third kappa shape index (κ3) is 1.80. The zero-order valence-corrected chi connectivity index (χ0v) is 11.6. The SMILES string of the molecule is CC(C)n1c2c(c3cc([N+](=O)[O-])cc(F)c31)CCCC2. The summed E-state index contributed by atoms with van der Waals surface area (Å²) < 4.78 is 16.4. The second-order valence-corrected chi connectivity index (χ2v) is 5.68. The lowest BCUT2D eigenvalue weighted by molar-refractivity contribution is -0.384.